The van der Waals surface area contributed by atoms with E-state index < -0.39 is 0 Å². The van der Waals surface area contributed by atoms with Crippen LogP contribution in [0.2, 0.25) is 5.02 Å². The van der Waals surface area contributed by atoms with Crippen LogP contribution in [0, 0.1) is 0 Å². The number of ether oxygens (including phenoxy) is 1. The van der Waals surface area contributed by atoms with Crippen molar-refractivity contribution in [3.63, 3.8) is 0 Å². The molecule has 4 rings (SSSR count). The van der Waals surface area contributed by atoms with E-state index in [0.717, 1.165) is 19.3 Å². The van der Waals surface area contributed by atoms with Crippen LogP contribution in [-0.2, 0) is 0 Å². The fourth-order valence-electron chi connectivity index (χ4n) is 2.86. The quantitative estimate of drug-likeness (QED) is 0.889. The molecule has 2 aromatic rings. The smallest absolute Gasteiger partial charge is 0.253 e. The lowest BCUT2D eigenvalue weighted by Gasteiger charge is -2.17. The first-order valence-electron chi connectivity index (χ1n) is 8.49. The van der Waals surface area contributed by atoms with E-state index >= 15 is 0 Å². The van der Waals surface area contributed by atoms with Gasteiger partial charge in [-0.25, -0.2) is 4.98 Å². The molecule has 1 saturated carbocycles. The van der Waals surface area contributed by atoms with E-state index in [4.69, 9.17) is 16.3 Å². The second-order valence-electron chi connectivity index (χ2n) is 6.41. The molecule has 0 spiro atoms. The first-order valence-corrected chi connectivity index (χ1v) is 8.87. The van der Waals surface area contributed by atoms with Crippen molar-refractivity contribution >= 4 is 23.5 Å². The molecule has 2 fully saturated rings. The minimum absolute atomic E-state index is 0.0553. The molecular weight excluding hydrogens is 340 g/mol. The van der Waals surface area contributed by atoms with E-state index in [2.05, 4.69) is 15.3 Å². The molecule has 1 N–H and O–H groups in total. The second kappa shape index (κ2) is 6.88. The second-order valence-corrected chi connectivity index (χ2v) is 6.82. The number of nitrogens with zero attached hydrogens (tertiary/aromatic N) is 3. The van der Waals surface area contributed by atoms with Crippen LogP contribution in [-0.4, -0.2) is 46.0 Å². The average Bonchev–Trinajstić information content (AvgIpc) is 3.33. The minimum Gasteiger partial charge on any atom is -0.473 e. The molecule has 1 aromatic carbocycles. The van der Waals surface area contributed by atoms with Crippen LogP contribution in [0.15, 0.2) is 36.5 Å². The van der Waals surface area contributed by atoms with E-state index in [-0.39, 0.29) is 18.1 Å². The number of aromatic nitrogens is 2. The van der Waals surface area contributed by atoms with Gasteiger partial charge in [-0.1, -0.05) is 29.8 Å². The van der Waals surface area contributed by atoms with Crippen LogP contribution >= 0.6 is 11.6 Å². The molecule has 7 heteroatoms. The summed E-state index contributed by atoms with van der Waals surface area (Å²) in [5.41, 5.74) is 0.714. The molecule has 6 nitrogen and oxygen atoms in total. The summed E-state index contributed by atoms with van der Waals surface area (Å²) in [5.74, 6) is 0.968. The predicted octanol–water partition coefficient (Wildman–Crippen LogP) is 3.00. The number of anilines is 1. The van der Waals surface area contributed by atoms with Crippen molar-refractivity contribution in [1.29, 1.82) is 0 Å². The van der Waals surface area contributed by atoms with Crippen LogP contribution in [0.4, 0.5) is 5.95 Å². The maximum atomic E-state index is 12.5. The van der Waals surface area contributed by atoms with Gasteiger partial charge in [0, 0.05) is 24.7 Å². The number of carbonyl (C=O) groups excluding carboxylic acids is 1. The van der Waals surface area contributed by atoms with Crippen LogP contribution < -0.4 is 10.1 Å². The van der Waals surface area contributed by atoms with Crippen molar-refractivity contribution in [3.05, 3.63) is 47.1 Å². The number of likely N-dealkylation sites (tertiary alicyclic amines) is 1. The third kappa shape index (κ3) is 3.85. The highest BCUT2D eigenvalue weighted by molar-refractivity contribution is 6.31. The van der Waals surface area contributed by atoms with Gasteiger partial charge in [0.15, 0.2) is 0 Å². The zero-order chi connectivity index (χ0) is 17.2. The number of rotatable bonds is 5. The Hall–Kier alpha value is -2.34. The Morgan fingerprint density at radius 2 is 2.04 bits per heavy atom. The van der Waals surface area contributed by atoms with Crippen molar-refractivity contribution < 1.29 is 9.53 Å². The largest absolute Gasteiger partial charge is 0.473 e. The van der Waals surface area contributed by atoms with Gasteiger partial charge in [0.2, 0.25) is 11.8 Å². The molecule has 0 radical (unpaired) electrons. The van der Waals surface area contributed by atoms with Gasteiger partial charge in [-0.05, 0) is 31.4 Å². The van der Waals surface area contributed by atoms with E-state index in [1.54, 1.807) is 6.20 Å². The predicted molar refractivity (Wildman–Crippen MR) is 95.1 cm³/mol. The molecule has 130 valence electrons. The summed E-state index contributed by atoms with van der Waals surface area (Å²) in [6.45, 7) is 1.34. The Balaban J connectivity index is 1.38. The fourth-order valence-corrected chi connectivity index (χ4v) is 2.99. The van der Waals surface area contributed by atoms with E-state index in [0.29, 0.717) is 35.5 Å². The molecule has 2 heterocycles. The molecule has 0 bridgehead atoms. The van der Waals surface area contributed by atoms with Gasteiger partial charge in [0.25, 0.3) is 5.91 Å². The SMILES string of the molecule is O=C(c1ccccc1)N1CCC(Nc2ncc(Cl)c(OC3CC3)n2)C1. The number of hydrogen-bond acceptors (Lipinski definition) is 5. The van der Waals surface area contributed by atoms with Crippen molar-refractivity contribution in [2.75, 3.05) is 18.4 Å². The van der Waals surface area contributed by atoms with Gasteiger partial charge in [0.05, 0.1) is 6.20 Å². The van der Waals surface area contributed by atoms with Crippen molar-refractivity contribution in [2.24, 2.45) is 0 Å². The Kier molecular flexibility index (Phi) is 4.44. The maximum absolute atomic E-state index is 12.5. The van der Waals surface area contributed by atoms with Gasteiger partial charge in [-0.15, -0.1) is 0 Å². The third-order valence-corrected chi connectivity index (χ3v) is 4.60. The van der Waals surface area contributed by atoms with Crippen LogP contribution in [0.3, 0.4) is 0 Å². The van der Waals surface area contributed by atoms with Crippen molar-refractivity contribution in [1.82, 2.24) is 14.9 Å². The molecule has 1 aliphatic carbocycles. The molecule has 1 atom stereocenters. The minimum atomic E-state index is 0.0553. The molecule has 1 amide bonds. The maximum Gasteiger partial charge on any atom is 0.253 e. The van der Waals surface area contributed by atoms with Crippen LogP contribution in [0.25, 0.3) is 0 Å². The molecular formula is C18H19ClN4O2. The van der Waals surface area contributed by atoms with E-state index in [1.807, 2.05) is 35.2 Å². The Morgan fingerprint density at radius 3 is 2.80 bits per heavy atom. The topological polar surface area (TPSA) is 67.4 Å². The number of nitrogens with one attached hydrogen (secondary N) is 1. The summed E-state index contributed by atoms with van der Waals surface area (Å²) in [7, 11) is 0. The van der Waals surface area contributed by atoms with Gasteiger partial charge in [-0.3, -0.25) is 4.79 Å². The van der Waals surface area contributed by atoms with Gasteiger partial charge in [0.1, 0.15) is 11.1 Å². The number of amides is 1. The average molecular weight is 359 g/mol. The highest BCUT2D eigenvalue weighted by atomic mass is 35.5. The summed E-state index contributed by atoms with van der Waals surface area (Å²) >= 11 is 6.09. The fraction of sp³-hybridized carbons (Fsp3) is 0.389. The molecule has 1 aliphatic heterocycles. The van der Waals surface area contributed by atoms with Crippen LogP contribution in [0.5, 0.6) is 5.88 Å². The summed E-state index contributed by atoms with van der Waals surface area (Å²) in [4.78, 5) is 22.9. The molecule has 1 unspecified atom stereocenters. The normalized spacial score (nSPS) is 19.7. The van der Waals surface area contributed by atoms with Crippen LogP contribution in [0.1, 0.15) is 29.6 Å². The monoisotopic (exact) mass is 358 g/mol. The third-order valence-electron chi connectivity index (χ3n) is 4.34. The highest BCUT2D eigenvalue weighted by Crippen LogP contribution is 2.30. The Morgan fingerprint density at radius 1 is 1.24 bits per heavy atom. The number of halogens is 1. The first-order chi connectivity index (χ1) is 12.2. The zero-order valence-electron chi connectivity index (χ0n) is 13.7. The first kappa shape index (κ1) is 16.1. The van der Waals surface area contributed by atoms with Gasteiger partial charge >= 0.3 is 0 Å². The van der Waals surface area contributed by atoms with Crippen molar-refractivity contribution in [2.45, 2.75) is 31.4 Å². The molecule has 1 saturated heterocycles. The van der Waals surface area contributed by atoms with Gasteiger partial charge < -0.3 is 15.0 Å². The summed E-state index contributed by atoms with van der Waals surface area (Å²) in [6, 6.07) is 9.45. The lowest BCUT2D eigenvalue weighted by atomic mass is 10.2. The lowest BCUT2D eigenvalue weighted by molar-refractivity contribution is 0.0791. The van der Waals surface area contributed by atoms with Gasteiger partial charge in [-0.2, -0.15) is 4.98 Å². The summed E-state index contributed by atoms with van der Waals surface area (Å²) in [5, 5.41) is 3.70. The van der Waals surface area contributed by atoms with Crippen molar-refractivity contribution in [3.8, 4) is 5.88 Å². The van der Waals surface area contributed by atoms with E-state index in [1.165, 1.54) is 0 Å². The number of benzene rings is 1. The number of hydrogen-bond donors (Lipinski definition) is 1. The molecule has 2 aliphatic rings. The lowest BCUT2D eigenvalue weighted by Crippen LogP contribution is -2.31. The summed E-state index contributed by atoms with van der Waals surface area (Å²) < 4.78 is 5.69. The standard InChI is InChI=1S/C18H19ClN4O2/c19-15-10-20-18(22-16(15)25-14-6-7-14)21-13-8-9-23(11-13)17(24)12-4-2-1-3-5-12/h1-5,10,13-14H,6-9,11H2,(H,20,21,22). The Bertz CT molecular complexity index is 767. The van der Waals surface area contributed by atoms with E-state index in [9.17, 15) is 4.79 Å². The highest BCUT2D eigenvalue weighted by Gasteiger charge is 2.28. The molecule has 1 aromatic heterocycles. The molecule has 25 heavy (non-hydrogen) atoms. The Labute approximate surface area is 151 Å². The zero-order valence-corrected chi connectivity index (χ0v) is 14.4. The summed E-state index contributed by atoms with van der Waals surface area (Å²) in [6.07, 6.45) is 4.72. The number of carbonyl (C=O) groups is 1.